The zero-order chi connectivity index (χ0) is 22.0. The van der Waals surface area contributed by atoms with Crippen LogP contribution in [0.1, 0.15) is 44.1 Å². The number of halogens is 3. The van der Waals surface area contributed by atoms with E-state index in [-0.39, 0.29) is 17.6 Å². The van der Waals surface area contributed by atoms with Gasteiger partial charge in [0.1, 0.15) is 17.5 Å². The molecule has 1 atom stereocenters. The van der Waals surface area contributed by atoms with Crippen molar-refractivity contribution in [2.45, 2.75) is 38.5 Å². The Morgan fingerprint density at radius 2 is 1.90 bits per heavy atom. The zero-order valence-electron chi connectivity index (χ0n) is 17.2. The van der Waals surface area contributed by atoms with Crippen molar-refractivity contribution in [3.8, 4) is 0 Å². The van der Waals surface area contributed by atoms with Gasteiger partial charge in [-0.1, -0.05) is 12.1 Å². The Bertz CT molecular complexity index is 1110. The highest BCUT2D eigenvalue weighted by Gasteiger charge is 2.30. The molecule has 4 rings (SSSR count). The van der Waals surface area contributed by atoms with Crippen LogP contribution in [0.15, 0.2) is 58.3 Å². The van der Waals surface area contributed by atoms with E-state index in [1.54, 1.807) is 30.5 Å². The first-order valence-corrected chi connectivity index (χ1v) is 11.2. The van der Waals surface area contributed by atoms with E-state index in [1.807, 2.05) is 13.0 Å². The van der Waals surface area contributed by atoms with Crippen molar-refractivity contribution in [3.05, 3.63) is 70.3 Å². The monoisotopic (exact) mass is 487 g/mol. The molecule has 0 radical (unpaired) electrons. The average Bonchev–Trinajstić information content (AvgIpc) is 2.79. The van der Waals surface area contributed by atoms with Crippen molar-refractivity contribution in [2.75, 3.05) is 5.32 Å². The first-order chi connectivity index (χ1) is 15.0. The lowest BCUT2D eigenvalue weighted by atomic mass is 9.73. The molecule has 162 valence electrons. The molecule has 2 aromatic carbocycles. The van der Waals surface area contributed by atoms with Gasteiger partial charge in [-0.3, -0.25) is 4.98 Å². The fourth-order valence-electron chi connectivity index (χ4n) is 4.60. The number of benzene rings is 2. The largest absolute Gasteiger partial charge is 0.409 e. The topological polar surface area (TPSA) is 57.5 Å². The predicted molar refractivity (Wildman–Crippen MR) is 123 cm³/mol. The molecule has 1 aliphatic rings. The molecule has 0 spiro atoms. The van der Waals surface area contributed by atoms with E-state index in [1.165, 1.54) is 12.1 Å². The first kappa shape index (κ1) is 21.7. The lowest BCUT2D eigenvalue weighted by Gasteiger charge is -2.33. The van der Waals surface area contributed by atoms with E-state index in [9.17, 15) is 14.0 Å². The third-order valence-corrected chi connectivity index (χ3v) is 6.99. The van der Waals surface area contributed by atoms with Crippen LogP contribution in [0.5, 0.6) is 0 Å². The number of nitrogens with one attached hydrogen (secondary N) is 1. The number of pyridine rings is 1. The predicted octanol–water partition coefficient (Wildman–Crippen LogP) is 7.09. The van der Waals surface area contributed by atoms with Gasteiger partial charge in [-0.2, -0.15) is 0 Å². The Balaban J connectivity index is 1.44. The smallest absolute Gasteiger partial charge is 0.149 e. The second-order valence-corrected chi connectivity index (χ2v) is 9.06. The highest BCUT2D eigenvalue weighted by molar-refractivity contribution is 9.10. The standard InChI is InChI=1S/C24H24BrF2N3O/c1-14(24(30-31)29-18-7-8-22(27)21(25)13-18)15-2-4-16(5-3-15)19-10-11-28-23-9-6-17(26)12-20(19)23/h6-16,31H,2-5H2,1H3,(H,29,30)/t14-,15-,16-/m0/s1. The molecular formula is C24H24BrF2N3O. The number of nitrogens with zero attached hydrogens (tertiary/aromatic N) is 2. The fraction of sp³-hybridized carbons (Fsp3) is 0.333. The summed E-state index contributed by atoms with van der Waals surface area (Å²) in [5, 5.41) is 17.1. The summed E-state index contributed by atoms with van der Waals surface area (Å²) in [6, 6.07) is 11.4. The Morgan fingerprint density at radius 3 is 2.61 bits per heavy atom. The number of aromatic nitrogens is 1. The molecular weight excluding hydrogens is 464 g/mol. The number of anilines is 1. The summed E-state index contributed by atoms with van der Waals surface area (Å²) in [5.41, 5.74) is 2.63. The van der Waals surface area contributed by atoms with Crippen LogP contribution in [0.3, 0.4) is 0 Å². The van der Waals surface area contributed by atoms with E-state index in [4.69, 9.17) is 0 Å². The van der Waals surface area contributed by atoms with Gasteiger partial charge in [-0.05, 0) is 101 Å². The van der Waals surface area contributed by atoms with Gasteiger partial charge < -0.3 is 10.5 Å². The Labute approximate surface area is 188 Å². The van der Waals surface area contributed by atoms with Crippen molar-refractivity contribution in [2.24, 2.45) is 17.0 Å². The average molecular weight is 488 g/mol. The quantitative estimate of drug-likeness (QED) is 0.179. The molecule has 1 saturated carbocycles. The van der Waals surface area contributed by atoms with E-state index in [2.05, 4.69) is 31.4 Å². The molecule has 2 N–H and O–H groups in total. The number of oxime groups is 1. The van der Waals surface area contributed by atoms with Gasteiger partial charge >= 0.3 is 0 Å². The minimum Gasteiger partial charge on any atom is -0.409 e. The highest BCUT2D eigenvalue weighted by atomic mass is 79.9. The van der Waals surface area contributed by atoms with Crippen molar-refractivity contribution >= 4 is 38.4 Å². The highest BCUT2D eigenvalue weighted by Crippen LogP contribution is 2.41. The van der Waals surface area contributed by atoms with Crippen molar-refractivity contribution in [1.29, 1.82) is 0 Å². The SMILES string of the molecule is C[C@H](/C(=N/O)Nc1ccc(F)c(Br)c1)[C@H]1CC[C@H](c2ccnc3ccc(F)cc32)CC1. The molecule has 1 fully saturated rings. The van der Waals surface area contributed by atoms with Gasteiger partial charge in [0.25, 0.3) is 0 Å². The summed E-state index contributed by atoms with van der Waals surface area (Å²) in [6.07, 6.45) is 5.69. The van der Waals surface area contributed by atoms with Crippen LogP contribution in [-0.2, 0) is 0 Å². The van der Waals surface area contributed by atoms with Crippen LogP contribution in [0.4, 0.5) is 14.5 Å². The van der Waals surface area contributed by atoms with Crippen molar-refractivity contribution in [3.63, 3.8) is 0 Å². The molecule has 1 aromatic heterocycles. The van der Waals surface area contributed by atoms with Crippen molar-refractivity contribution in [1.82, 2.24) is 4.98 Å². The Morgan fingerprint density at radius 1 is 1.13 bits per heavy atom. The number of fused-ring (bicyclic) bond motifs is 1. The summed E-state index contributed by atoms with van der Waals surface area (Å²) >= 11 is 3.18. The molecule has 1 heterocycles. The van der Waals surface area contributed by atoms with Gasteiger partial charge in [0.05, 0.1) is 9.99 Å². The fourth-order valence-corrected chi connectivity index (χ4v) is 4.98. The second kappa shape index (κ2) is 9.30. The van der Waals surface area contributed by atoms with E-state index >= 15 is 0 Å². The molecule has 4 nitrogen and oxygen atoms in total. The number of rotatable bonds is 4. The van der Waals surface area contributed by atoms with Gasteiger partial charge in [-0.15, -0.1) is 0 Å². The summed E-state index contributed by atoms with van der Waals surface area (Å²) in [4.78, 5) is 4.36. The molecule has 0 saturated heterocycles. The molecule has 1 aliphatic carbocycles. The van der Waals surface area contributed by atoms with Crippen LogP contribution >= 0.6 is 15.9 Å². The third-order valence-electron chi connectivity index (χ3n) is 6.39. The van der Waals surface area contributed by atoms with Crippen molar-refractivity contribution < 1.29 is 14.0 Å². The summed E-state index contributed by atoms with van der Waals surface area (Å²) in [6.45, 7) is 2.04. The maximum Gasteiger partial charge on any atom is 0.149 e. The van der Waals surface area contributed by atoms with E-state index in [0.29, 0.717) is 27.8 Å². The molecule has 7 heteroatoms. The molecule has 3 aromatic rings. The molecule has 31 heavy (non-hydrogen) atoms. The van der Waals surface area contributed by atoms with Crippen LogP contribution in [0, 0.1) is 23.5 Å². The van der Waals surface area contributed by atoms with Crippen LogP contribution < -0.4 is 5.32 Å². The Kier molecular flexibility index (Phi) is 6.51. The van der Waals surface area contributed by atoms with Crippen LogP contribution in [0.25, 0.3) is 10.9 Å². The second-order valence-electron chi connectivity index (χ2n) is 8.20. The first-order valence-electron chi connectivity index (χ1n) is 10.4. The zero-order valence-corrected chi connectivity index (χ0v) is 18.7. The minimum atomic E-state index is -0.345. The number of hydrogen-bond donors (Lipinski definition) is 2. The van der Waals surface area contributed by atoms with Crippen LogP contribution in [-0.4, -0.2) is 16.0 Å². The third kappa shape index (κ3) is 4.71. The van der Waals surface area contributed by atoms with E-state index < -0.39 is 0 Å². The number of hydrogen-bond acceptors (Lipinski definition) is 3. The molecule has 0 unspecified atom stereocenters. The van der Waals surface area contributed by atoms with Gasteiger partial charge in [0, 0.05) is 23.2 Å². The van der Waals surface area contributed by atoms with E-state index in [0.717, 1.165) is 42.1 Å². The van der Waals surface area contributed by atoms with Crippen LogP contribution in [0.2, 0.25) is 0 Å². The van der Waals surface area contributed by atoms with Gasteiger partial charge in [0.2, 0.25) is 0 Å². The normalized spacial score (nSPS) is 20.6. The molecule has 0 bridgehead atoms. The maximum atomic E-state index is 13.8. The summed E-state index contributed by atoms with van der Waals surface area (Å²) < 4.78 is 27.6. The lowest BCUT2D eigenvalue weighted by molar-refractivity contribution is 0.273. The van der Waals surface area contributed by atoms with Gasteiger partial charge in [-0.25, -0.2) is 8.78 Å². The summed E-state index contributed by atoms with van der Waals surface area (Å²) in [5.74, 6) is 0.601. The number of amidine groups is 1. The molecule has 0 amide bonds. The maximum absolute atomic E-state index is 13.8. The lowest BCUT2D eigenvalue weighted by Crippen LogP contribution is -2.30. The van der Waals surface area contributed by atoms with Gasteiger partial charge in [0.15, 0.2) is 0 Å². The Hall–Kier alpha value is -2.54. The summed E-state index contributed by atoms with van der Waals surface area (Å²) in [7, 11) is 0. The minimum absolute atomic E-state index is 0.0152. The molecule has 0 aliphatic heterocycles.